The second-order valence-electron chi connectivity index (χ2n) is 9.30. The average molecular weight is 470 g/mol. The Morgan fingerprint density at radius 2 is 1.76 bits per heavy atom. The highest BCUT2D eigenvalue weighted by molar-refractivity contribution is 5.43. The number of aliphatic hydroxyl groups is 1. The van der Waals surface area contributed by atoms with E-state index >= 15 is 0 Å². The first-order chi connectivity index (χ1) is 16.2. The van der Waals surface area contributed by atoms with Crippen LogP contribution in [0.1, 0.15) is 39.0 Å². The van der Waals surface area contributed by atoms with E-state index in [0.29, 0.717) is 30.6 Å². The molecule has 184 valence electrons. The van der Waals surface area contributed by atoms with E-state index in [1.807, 2.05) is 51.1 Å². The number of aryl methyl sites for hydroxylation is 1. The Kier molecular flexibility index (Phi) is 9.21. The quantitative estimate of drug-likeness (QED) is 0.387. The molecule has 0 aliphatic carbocycles. The van der Waals surface area contributed by atoms with Gasteiger partial charge in [-0.15, -0.1) is 0 Å². The van der Waals surface area contributed by atoms with Gasteiger partial charge < -0.3 is 14.6 Å². The maximum Gasteiger partial charge on any atom is 0.227 e. The Hall–Kier alpha value is -2.74. The van der Waals surface area contributed by atoms with Crippen LogP contribution >= 0.6 is 0 Å². The monoisotopic (exact) mass is 469 g/mol. The second-order valence-corrected chi connectivity index (χ2v) is 9.30. The number of hydrogen-bond donors (Lipinski definition) is 1. The van der Waals surface area contributed by atoms with Gasteiger partial charge in [-0.3, -0.25) is 4.90 Å². The largest absolute Gasteiger partial charge is 0.438 e. The van der Waals surface area contributed by atoms with Crippen molar-refractivity contribution in [1.82, 2.24) is 14.7 Å². The number of ether oxygens (including phenoxy) is 2. The first-order valence-corrected chi connectivity index (χ1v) is 11.8. The summed E-state index contributed by atoms with van der Waals surface area (Å²) in [5.74, 6) is 0.974. The van der Waals surface area contributed by atoms with Crippen molar-refractivity contribution in [3.63, 3.8) is 0 Å². The Morgan fingerprint density at radius 3 is 2.41 bits per heavy atom. The van der Waals surface area contributed by atoms with Gasteiger partial charge in [0.2, 0.25) is 5.88 Å². The number of aliphatic hydroxyl groups excluding tert-OH is 1. The number of para-hydroxylation sites is 1. The molecule has 6 nitrogen and oxygen atoms in total. The molecular formula is C27H36FN3O3. The van der Waals surface area contributed by atoms with Crippen molar-refractivity contribution < 1.29 is 19.0 Å². The summed E-state index contributed by atoms with van der Waals surface area (Å²) in [7, 11) is 0. The summed E-state index contributed by atoms with van der Waals surface area (Å²) in [5.41, 5.74) is 2.56. The number of nitrogens with zero attached hydrogens (tertiary/aromatic N) is 3. The predicted octanol–water partition coefficient (Wildman–Crippen LogP) is 5.36. The normalized spacial score (nSPS) is 12.6. The van der Waals surface area contributed by atoms with Crippen LogP contribution in [-0.2, 0) is 11.3 Å². The van der Waals surface area contributed by atoms with Gasteiger partial charge in [-0.25, -0.2) is 9.07 Å². The van der Waals surface area contributed by atoms with Crippen LogP contribution in [0, 0.1) is 18.7 Å². The minimum Gasteiger partial charge on any atom is -0.438 e. The van der Waals surface area contributed by atoms with E-state index in [-0.39, 0.29) is 18.5 Å². The third-order valence-corrected chi connectivity index (χ3v) is 5.24. The van der Waals surface area contributed by atoms with Gasteiger partial charge in [0, 0.05) is 25.7 Å². The third-order valence-electron chi connectivity index (χ3n) is 5.24. The van der Waals surface area contributed by atoms with Crippen LogP contribution in [-0.4, -0.2) is 51.7 Å². The number of benzene rings is 2. The number of rotatable bonds is 12. The van der Waals surface area contributed by atoms with E-state index in [9.17, 15) is 9.50 Å². The molecule has 0 unspecified atom stereocenters. The van der Waals surface area contributed by atoms with Crippen molar-refractivity contribution in [2.75, 3.05) is 19.7 Å². The topological polar surface area (TPSA) is 59.8 Å². The van der Waals surface area contributed by atoms with Crippen molar-refractivity contribution in [2.45, 2.75) is 53.4 Å². The molecule has 0 fully saturated rings. The van der Waals surface area contributed by atoms with E-state index in [1.165, 1.54) is 12.1 Å². The molecular weight excluding hydrogens is 433 g/mol. The Labute approximate surface area is 201 Å². The highest BCUT2D eigenvalue weighted by atomic mass is 19.1. The second kappa shape index (κ2) is 12.1. The van der Waals surface area contributed by atoms with Gasteiger partial charge in [0.05, 0.1) is 35.8 Å². The molecule has 0 radical (unpaired) electrons. The van der Waals surface area contributed by atoms with Gasteiger partial charge in [-0.2, -0.15) is 5.10 Å². The van der Waals surface area contributed by atoms with Crippen LogP contribution in [0.4, 0.5) is 4.39 Å². The van der Waals surface area contributed by atoms with Crippen molar-refractivity contribution in [1.29, 1.82) is 0 Å². The zero-order valence-electron chi connectivity index (χ0n) is 20.7. The fourth-order valence-corrected chi connectivity index (χ4v) is 3.81. The highest BCUT2D eigenvalue weighted by Crippen LogP contribution is 2.32. The highest BCUT2D eigenvalue weighted by Gasteiger charge is 2.23. The molecule has 0 aliphatic heterocycles. The SMILES string of the molecule is Cc1nn(-c2ccccc2)c(Oc2cccc(F)c2)c1CN(CC(C)C)C[C@H](O)COC(C)C. The first-order valence-electron chi connectivity index (χ1n) is 11.8. The summed E-state index contributed by atoms with van der Waals surface area (Å²) in [6, 6.07) is 15.8. The third kappa shape index (κ3) is 7.38. The van der Waals surface area contributed by atoms with Crippen LogP contribution < -0.4 is 4.74 Å². The molecule has 1 N–H and O–H groups in total. The lowest BCUT2D eigenvalue weighted by atomic mass is 10.1. The maximum atomic E-state index is 13.9. The average Bonchev–Trinajstić information content (AvgIpc) is 3.07. The minimum absolute atomic E-state index is 0.0609. The maximum absolute atomic E-state index is 13.9. The van der Waals surface area contributed by atoms with Crippen molar-refractivity contribution >= 4 is 0 Å². The molecule has 1 atom stereocenters. The Morgan fingerprint density at radius 1 is 1.03 bits per heavy atom. The first kappa shape index (κ1) is 25.9. The summed E-state index contributed by atoms with van der Waals surface area (Å²) in [5, 5.41) is 15.3. The van der Waals surface area contributed by atoms with Crippen molar-refractivity contribution in [3.05, 3.63) is 71.7 Å². The molecule has 0 saturated carbocycles. The Balaban J connectivity index is 1.95. The number of aromatic nitrogens is 2. The number of hydrogen-bond acceptors (Lipinski definition) is 5. The van der Waals surface area contributed by atoms with E-state index in [0.717, 1.165) is 23.5 Å². The number of halogens is 1. The fourth-order valence-electron chi connectivity index (χ4n) is 3.81. The molecule has 34 heavy (non-hydrogen) atoms. The van der Waals surface area contributed by atoms with Crippen LogP contribution in [0.15, 0.2) is 54.6 Å². The summed E-state index contributed by atoms with van der Waals surface area (Å²) in [4.78, 5) is 2.19. The van der Waals surface area contributed by atoms with Crippen molar-refractivity contribution in [3.8, 4) is 17.3 Å². The standard InChI is InChI=1S/C27H36FN3O3/c1-19(2)15-30(16-24(32)18-33-20(3)4)17-26-21(5)29-31(23-11-7-6-8-12-23)27(26)34-25-13-9-10-22(28)14-25/h6-14,19-20,24,32H,15-18H2,1-5H3/t24-/m0/s1. The molecule has 3 rings (SSSR count). The zero-order chi connectivity index (χ0) is 24.7. The molecule has 2 aromatic carbocycles. The smallest absolute Gasteiger partial charge is 0.227 e. The van der Waals surface area contributed by atoms with Crippen LogP contribution in [0.5, 0.6) is 11.6 Å². The summed E-state index contributed by atoms with van der Waals surface area (Å²) in [6.07, 6.45) is -0.552. The molecule has 0 bridgehead atoms. The minimum atomic E-state index is -0.613. The molecule has 0 spiro atoms. The van der Waals surface area contributed by atoms with Crippen LogP contribution in [0.25, 0.3) is 5.69 Å². The Bertz CT molecular complexity index is 1040. The van der Waals surface area contributed by atoms with Gasteiger partial charge in [0.15, 0.2) is 0 Å². The van der Waals surface area contributed by atoms with Gasteiger partial charge in [0.1, 0.15) is 11.6 Å². The summed E-state index contributed by atoms with van der Waals surface area (Å²) < 4.78 is 27.5. The van der Waals surface area contributed by atoms with Crippen molar-refractivity contribution in [2.24, 2.45) is 5.92 Å². The van der Waals surface area contributed by atoms with Crippen LogP contribution in [0.2, 0.25) is 0 Å². The molecule has 0 aliphatic rings. The molecule has 0 saturated heterocycles. The molecule has 0 amide bonds. The van der Waals surface area contributed by atoms with E-state index in [4.69, 9.17) is 14.6 Å². The lowest BCUT2D eigenvalue weighted by Gasteiger charge is -2.27. The predicted molar refractivity (Wildman–Crippen MR) is 132 cm³/mol. The van der Waals surface area contributed by atoms with E-state index in [2.05, 4.69) is 18.7 Å². The summed E-state index contributed by atoms with van der Waals surface area (Å²) in [6.45, 7) is 12.2. The molecule has 1 aromatic heterocycles. The molecule has 7 heteroatoms. The molecule has 1 heterocycles. The lowest BCUT2D eigenvalue weighted by Crippen LogP contribution is -2.37. The van der Waals surface area contributed by atoms with Gasteiger partial charge in [-0.1, -0.05) is 38.1 Å². The molecule has 3 aromatic rings. The van der Waals surface area contributed by atoms with Gasteiger partial charge in [0.25, 0.3) is 0 Å². The summed E-state index contributed by atoms with van der Waals surface area (Å²) >= 11 is 0. The lowest BCUT2D eigenvalue weighted by molar-refractivity contribution is -0.0109. The van der Waals surface area contributed by atoms with Crippen LogP contribution in [0.3, 0.4) is 0 Å². The van der Waals surface area contributed by atoms with Gasteiger partial charge >= 0.3 is 0 Å². The van der Waals surface area contributed by atoms with Gasteiger partial charge in [-0.05, 0) is 51.0 Å². The fraction of sp³-hybridized carbons (Fsp3) is 0.444. The van der Waals surface area contributed by atoms with E-state index in [1.54, 1.807) is 16.8 Å². The zero-order valence-corrected chi connectivity index (χ0v) is 20.7. The van der Waals surface area contributed by atoms with E-state index < -0.39 is 6.10 Å².